The normalized spacial score (nSPS) is 16.8. The first-order valence-corrected chi connectivity index (χ1v) is 11.8. The summed E-state index contributed by atoms with van der Waals surface area (Å²) >= 11 is 0. The fourth-order valence-corrected chi connectivity index (χ4v) is 5.27. The Kier molecular flexibility index (Phi) is 7.46. The number of rotatable bonds is 8. The molecule has 1 aliphatic heterocycles. The number of carbonyl (C=O) groups is 2. The number of esters is 1. The Labute approximate surface area is 183 Å². The van der Waals surface area contributed by atoms with Gasteiger partial charge in [-0.25, -0.2) is 8.42 Å². The quantitative estimate of drug-likeness (QED) is 0.631. The van der Waals surface area contributed by atoms with Gasteiger partial charge in [0.25, 0.3) is 5.91 Å². The number of carbonyl (C=O) groups excluding carboxylic acids is 2. The van der Waals surface area contributed by atoms with E-state index >= 15 is 0 Å². The van der Waals surface area contributed by atoms with E-state index in [1.165, 1.54) is 16.4 Å². The second-order valence-corrected chi connectivity index (χ2v) is 9.61. The van der Waals surface area contributed by atoms with Gasteiger partial charge in [0.15, 0.2) is 6.61 Å². The number of nitrogens with one attached hydrogen (secondary N) is 1. The number of hydrogen-bond donors (Lipinski definition) is 1. The van der Waals surface area contributed by atoms with Gasteiger partial charge in [-0.05, 0) is 56.4 Å². The van der Waals surface area contributed by atoms with Gasteiger partial charge in [-0.15, -0.1) is 0 Å². The van der Waals surface area contributed by atoms with Crippen molar-refractivity contribution in [3.63, 3.8) is 0 Å². The standard InChI is InChI=1S/C23H28N2O5S/c1-17-9-11-20(12-10-17)31(28,29)25-15-5-8-21(25)23(27)30-16-22(26)24-14-13-19-7-4-3-6-18(19)2/h3-4,6-7,9-12,21H,5,8,13-16H2,1-2H3,(H,24,26)/t21-/m0/s1. The highest BCUT2D eigenvalue weighted by Crippen LogP contribution is 2.27. The maximum absolute atomic E-state index is 12.9. The molecule has 0 aliphatic carbocycles. The molecular formula is C23H28N2O5S. The largest absolute Gasteiger partial charge is 0.454 e. The lowest BCUT2D eigenvalue weighted by molar-refractivity contribution is -0.151. The summed E-state index contributed by atoms with van der Waals surface area (Å²) < 4.78 is 32.2. The first kappa shape index (κ1) is 23.0. The van der Waals surface area contributed by atoms with E-state index in [0.29, 0.717) is 25.8 Å². The van der Waals surface area contributed by atoms with Gasteiger partial charge in [0.05, 0.1) is 4.90 Å². The number of ether oxygens (including phenoxy) is 1. The molecular weight excluding hydrogens is 416 g/mol. The van der Waals surface area contributed by atoms with Gasteiger partial charge in [0, 0.05) is 13.1 Å². The van der Waals surface area contributed by atoms with Crippen molar-refractivity contribution in [3.05, 3.63) is 65.2 Å². The van der Waals surface area contributed by atoms with Crippen LogP contribution in [0.25, 0.3) is 0 Å². The fourth-order valence-electron chi connectivity index (χ4n) is 3.62. The van der Waals surface area contributed by atoms with E-state index in [9.17, 15) is 18.0 Å². The first-order valence-electron chi connectivity index (χ1n) is 10.4. The van der Waals surface area contributed by atoms with Crippen LogP contribution < -0.4 is 5.32 Å². The molecule has 2 aromatic carbocycles. The monoisotopic (exact) mass is 444 g/mol. The van der Waals surface area contributed by atoms with Gasteiger partial charge >= 0.3 is 5.97 Å². The molecule has 3 rings (SSSR count). The molecule has 1 saturated heterocycles. The van der Waals surface area contributed by atoms with Crippen LogP contribution in [0.15, 0.2) is 53.4 Å². The zero-order valence-corrected chi connectivity index (χ0v) is 18.7. The maximum atomic E-state index is 12.9. The minimum absolute atomic E-state index is 0.145. The molecule has 1 aliphatic rings. The first-order chi connectivity index (χ1) is 14.8. The van der Waals surface area contributed by atoms with Crippen molar-refractivity contribution in [2.75, 3.05) is 19.7 Å². The number of hydrogen-bond acceptors (Lipinski definition) is 5. The summed E-state index contributed by atoms with van der Waals surface area (Å²) in [6.07, 6.45) is 1.61. The SMILES string of the molecule is Cc1ccc(S(=O)(=O)N2CCC[C@H]2C(=O)OCC(=O)NCCc2ccccc2C)cc1. The van der Waals surface area contributed by atoms with Crippen LogP contribution in [0.1, 0.15) is 29.5 Å². The highest BCUT2D eigenvalue weighted by molar-refractivity contribution is 7.89. The molecule has 7 nitrogen and oxygen atoms in total. The van der Waals surface area contributed by atoms with Crippen molar-refractivity contribution in [2.24, 2.45) is 0 Å². The van der Waals surface area contributed by atoms with E-state index in [1.807, 2.05) is 38.1 Å². The van der Waals surface area contributed by atoms with Crippen LogP contribution in [0.4, 0.5) is 0 Å². The highest BCUT2D eigenvalue weighted by atomic mass is 32.2. The molecule has 1 N–H and O–H groups in total. The molecule has 1 fully saturated rings. The summed E-state index contributed by atoms with van der Waals surface area (Å²) in [4.78, 5) is 24.7. The lowest BCUT2D eigenvalue weighted by Gasteiger charge is -2.22. The molecule has 2 aromatic rings. The van der Waals surface area contributed by atoms with Crippen molar-refractivity contribution < 1.29 is 22.7 Å². The van der Waals surface area contributed by atoms with Crippen LogP contribution in [0.2, 0.25) is 0 Å². The van der Waals surface area contributed by atoms with Crippen LogP contribution >= 0.6 is 0 Å². The topological polar surface area (TPSA) is 92.8 Å². The van der Waals surface area contributed by atoms with Gasteiger partial charge in [-0.3, -0.25) is 9.59 Å². The third-order valence-corrected chi connectivity index (χ3v) is 7.35. The molecule has 166 valence electrons. The zero-order valence-electron chi connectivity index (χ0n) is 17.8. The molecule has 1 amide bonds. The average molecular weight is 445 g/mol. The lowest BCUT2D eigenvalue weighted by atomic mass is 10.1. The van der Waals surface area contributed by atoms with E-state index in [2.05, 4.69) is 5.32 Å². The highest BCUT2D eigenvalue weighted by Gasteiger charge is 2.40. The molecule has 31 heavy (non-hydrogen) atoms. The Bertz CT molecular complexity index is 1030. The second-order valence-electron chi connectivity index (χ2n) is 7.72. The molecule has 0 aromatic heterocycles. The fraction of sp³-hybridized carbons (Fsp3) is 0.391. The number of aryl methyl sites for hydroxylation is 2. The summed E-state index contributed by atoms with van der Waals surface area (Å²) in [5.74, 6) is -1.10. The predicted octanol–water partition coefficient (Wildman–Crippen LogP) is 2.36. The summed E-state index contributed by atoms with van der Waals surface area (Å²) in [5.41, 5.74) is 3.24. The van der Waals surface area contributed by atoms with Crippen molar-refractivity contribution in [3.8, 4) is 0 Å². The average Bonchev–Trinajstić information content (AvgIpc) is 3.25. The van der Waals surface area contributed by atoms with Crippen LogP contribution in [-0.4, -0.2) is 50.3 Å². The number of amides is 1. The Morgan fingerprint density at radius 2 is 1.81 bits per heavy atom. The third kappa shape index (κ3) is 5.71. The molecule has 0 spiro atoms. The maximum Gasteiger partial charge on any atom is 0.324 e. The van der Waals surface area contributed by atoms with E-state index in [-0.39, 0.29) is 11.4 Å². The molecule has 8 heteroatoms. The minimum Gasteiger partial charge on any atom is -0.454 e. The van der Waals surface area contributed by atoms with Gasteiger partial charge in [-0.2, -0.15) is 4.31 Å². The Morgan fingerprint density at radius 1 is 1.10 bits per heavy atom. The second kappa shape index (κ2) is 10.1. The van der Waals surface area contributed by atoms with E-state index in [1.54, 1.807) is 12.1 Å². The molecule has 0 radical (unpaired) electrons. The van der Waals surface area contributed by atoms with Gasteiger partial charge in [0.1, 0.15) is 6.04 Å². The summed E-state index contributed by atoms with van der Waals surface area (Å²) in [6, 6.07) is 13.5. The van der Waals surface area contributed by atoms with Crippen molar-refractivity contribution in [1.82, 2.24) is 9.62 Å². The molecule has 1 heterocycles. The summed E-state index contributed by atoms with van der Waals surface area (Å²) in [5, 5.41) is 2.73. The summed E-state index contributed by atoms with van der Waals surface area (Å²) in [6.45, 7) is 4.13. The van der Waals surface area contributed by atoms with Crippen LogP contribution in [0.3, 0.4) is 0 Å². The minimum atomic E-state index is -3.81. The van der Waals surface area contributed by atoms with Gasteiger partial charge < -0.3 is 10.1 Å². The number of benzene rings is 2. The van der Waals surface area contributed by atoms with Crippen molar-refractivity contribution in [1.29, 1.82) is 0 Å². The Balaban J connectivity index is 1.51. The Morgan fingerprint density at radius 3 is 2.52 bits per heavy atom. The van der Waals surface area contributed by atoms with Crippen LogP contribution in [0, 0.1) is 13.8 Å². The third-order valence-electron chi connectivity index (χ3n) is 5.43. The Hall–Kier alpha value is -2.71. The smallest absolute Gasteiger partial charge is 0.324 e. The van der Waals surface area contributed by atoms with E-state index < -0.39 is 34.5 Å². The van der Waals surface area contributed by atoms with Gasteiger partial charge in [-0.1, -0.05) is 42.0 Å². The summed E-state index contributed by atoms with van der Waals surface area (Å²) in [7, 11) is -3.81. The molecule has 1 atom stereocenters. The zero-order chi connectivity index (χ0) is 22.4. The molecule has 0 unspecified atom stereocenters. The van der Waals surface area contributed by atoms with Gasteiger partial charge in [0.2, 0.25) is 10.0 Å². The van der Waals surface area contributed by atoms with Crippen molar-refractivity contribution >= 4 is 21.9 Å². The van der Waals surface area contributed by atoms with Crippen LogP contribution in [-0.2, 0) is 30.8 Å². The van der Waals surface area contributed by atoms with Crippen molar-refractivity contribution in [2.45, 2.75) is 44.0 Å². The molecule has 0 saturated carbocycles. The number of nitrogens with zero attached hydrogens (tertiary/aromatic N) is 1. The van der Waals surface area contributed by atoms with Crippen LogP contribution in [0.5, 0.6) is 0 Å². The molecule has 0 bridgehead atoms. The van der Waals surface area contributed by atoms with E-state index in [0.717, 1.165) is 16.7 Å². The predicted molar refractivity (Wildman–Crippen MR) is 117 cm³/mol. The number of sulfonamides is 1. The lowest BCUT2D eigenvalue weighted by Crippen LogP contribution is -2.42. The van der Waals surface area contributed by atoms with E-state index in [4.69, 9.17) is 4.74 Å².